The molecule has 6 nitrogen and oxygen atoms in total. The van der Waals surface area contributed by atoms with E-state index in [9.17, 15) is 9.00 Å². The largest absolute Gasteiger partial charge is 0.478 e. The minimum absolute atomic E-state index is 0.00937. The number of anilines is 2. The number of nitrogen functional groups attached to an aromatic ring is 1. The van der Waals surface area contributed by atoms with Crippen molar-refractivity contribution in [3.05, 3.63) is 17.8 Å². The molecular weight excluding hydrogens is 230 g/mol. The highest BCUT2D eigenvalue weighted by atomic mass is 32.2. The lowest BCUT2D eigenvalue weighted by atomic mass is 10.2. The third-order valence-electron chi connectivity index (χ3n) is 1.86. The molecule has 0 spiro atoms. The zero-order chi connectivity index (χ0) is 12.1. The maximum atomic E-state index is 10.8. The summed E-state index contributed by atoms with van der Waals surface area (Å²) in [5, 5.41) is 11.7. The Bertz CT molecular complexity index is 422. The van der Waals surface area contributed by atoms with Gasteiger partial charge in [0.05, 0.1) is 17.4 Å². The van der Waals surface area contributed by atoms with E-state index < -0.39 is 16.8 Å². The molecule has 0 saturated carbocycles. The number of carboxylic acid groups (broad SMARTS) is 1. The Morgan fingerprint density at radius 1 is 1.69 bits per heavy atom. The topological polar surface area (TPSA) is 105 Å². The van der Waals surface area contributed by atoms with Gasteiger partial charge < -0.3 is 16.2 Å². The summed E-state index contributed by atoms with van der Waals surface area (Å²) in [5.41, 5.74) is 5.58. The van der Waals surface area contributed by atoms with Crippen LogP contribution in [0.15, 0.2) is 12.3 Å². The molecule has 1 aromatic rings. The second kappa shape index (κ2) is 5.45. The highest BCUT2D eigenvalue weighted by Crippen LogP contribution is 2.14. The van der Waals surface area contributed by atoms with Gasteiger partial charge >= 0.3 is 5.97 Å². The zero-order valence-corrected chi connectivity index (χ0v) is 9.58. The van der Waals surface area contributed by atoms with Gasteiger partial charge in [0.25, 0.3) is 0 Å². The van der Waals surface area contributed by atoms with Crippen LogP contribution in [0.25, 0.3) is 0 Å². The van der Waals surface area contributed by atoms with Crippen molar-refractivity contribution in [2.75, 3.05) is 29.6 Å². The molecule has 0 radical (unpaired) electrons. The first-order valence-corrected chi connectivity index (χ1v) is 6.26. The van der Waals surface area contributed by atoms with Crippen molar-refractivity contribution in [2.45, 2.75) is 0 Å². The molecule has 0 aliphatic rings. The van der Waals surface area contributed by atoms with Crippen LogP contribution in [0.2, 0.25) is 0 Å². The predicted molar refractivity (Wildman–Crippen MR) is 63.0 cm³/mol. The fraction of sp³-hybridized carbons (Fsp3) is 0.333. The van der Waals surface area contributed by atoms with Gasteiger partial charge in [-0.1, -0.05) is 0 Å². The molecule has 0 fully saturated rings. The summed E-state index contributed by atoms with van der Waals surface area (Å²) in [6, 6.07) is 1.36. The fourth-order valence-corrected chi connectivity index (χ4v) is 1.46. The molecule has 1 unspecified atom stereocenters. The number of aromatic carboxylic acids is 1. The highest BCUT2D eigenvalue weighted by Gasteiger charge is 2.09. The molecule has 1 rings (SSSR count). The van der Waals surface area contributed by atoms with Gasteiger partial charge in [0, 0.05) is 29.4 Å². The molecular formula is C9H13N3O3S. The number of nitrogens with one attached hydrogen (secondary N) is 1. The molecule has 0 aliphatic carbocycles. The lowest BCUT2D eigenvalue weighted by Crippen LogP contribution is -2.12. The van der Waals surface area contributed by atoms with Crippen LogP contribution in [0.5, 0.6) is 0 Å². The SMILES string of the molecule is CS(=O)CCNc1cc(C(=O)O)c(N)cn1. The van der Waals surface area contributed by atoms with Gasteiger partial charge in [0.1, 0.15) is 5.82 Å². The van der Waals surface area contributed by atoms with Crippen LogP contribution in [-0.4, -0.2) is 38.8 Å². The lowest BCUT2D eigenvalue weighted by molar-refractivity contribution is 0.0698. The second-order valence-electron chi connectivity index (χ2n) is 3.17. The number of aromatic nitrogens is 1. The van der Waals surface area contributed by atoms with Crippen molar-refractivity contribution in [3.63, 3.8) is 0 Å². The lowest BCUT2D eigenvalue weighted by Gasteiger charge is -2.06. The standard InChI is InChI=1S/C9H13N3O3S/c1-16(15)3-2-11-8-4-6(9(13)14)7(10)5-12-8/h4-5H,2-3,10H2,1H3,(H,11,12)(H,13,14). The van der Waals surface area contributed by atoms with E-state index in [2.05, 4.69) is 10.3 Å². The second-order valence-corrected chi connectivity index (χ2v) is 4.72. The first-order valence-electron chi connectivity index (χ1n) is 4.53. The molecule has 4 N–H and O–H groups in total. The van der Waals surface area contributed by atoms with E-state index >= 15 is 0 Å². The fourth-order valence-electron chi connectivity index (χ4n) is 1.07. The minimum Gasteiger partial charge on any atom is -0.478 e. The maximum absolute atomic E-state index is 10.8. The van der Waals surface area contributed by atoms with Crippen molar-refractivity contribution in [2.24, 2.45) is 0 Å². The van der Waals surface area contributed by atoms with Crippen molar-refractivity contribution in [3.8, 4) is 0 Å². The Kier molecular flexibility index (Phi) is 4.24. The van der Waals surface area contributed by atoms with Gasteiger partial charge in [-0.3, -0.25) is 4.21 Å². The quantitative estimate of drug-likeness (QED) is 0.680. The van der Waals surface area contributed by atoms with Crippen LogP contribution >= 0.6 is 0 Å². The summed E-state index contributed by atoms with van der Waals surface area (Å²) in [4.78, 5) is 14.7. The Balaban J connectivity index is 2.71. The van der Waals surface area contributed by atoms with Gasteiger partial charge in [-0.2, -0.15) is 0 Å². The van der Waals surface area contributed by atoms with E-state index in [4.69, 9.17) is 10.8 Å². The van der Waals surface area contributed by atoms with Gasteiger partial charge in [-0.25, -0.2) is 9.78 Å². The molecule has 1 atom stereocenters. The molecule has 7 heteroatoms. The Labute approximate surface area is 95.3 Å². The van der Waals surface area contributed by atoms with E-state index in [0.29, 0.717) is 18.1 Å². The molecule has 1 aromatic heterocycles. The van der Waals surface area contributed by atoms with Crippen molar-refractivity contribution >= 4 is 28.3 Å². The number of pyridine rings is 1. The normalized spacial score (nSPS) is 12.1. The number of carboxylic acids is 1. The average Bonchev–Trinajstić information content (AvgIpc) is 2.19. The number of nitrogens with zero attached hydrogens (tertiary/aromatic N) is 1. The third-order valence-corrected chi connectivity index (χ3v) is 2.64. The van der Waals surface area contributed by atoms with Crippen molar-refractivity contribution in [1.29, 1.82) is 0 Å². The number of rotatable bonds is 5. The van der Waals surface area contributed by atoms with E-state index in [1.54, 1.807) is 6.26 Å². The summed E-state index contributed by atoms with van der Waals surface area (Å²) in [6.45, 7) is 0.471. The first kappa shape index (κ1) is 12.4. The smallest absolute Gasteiger partial charge is 0.337 e. The Morgan fingerprint density at radius 2 is 2.38 bits per heavy atom. The number of hydrogen-bond donors (Lipinski definition) is 3. The minimum atomic E-state index is -1.10. The Morgan fingerprint density at radius 3 is 2.94 bits per heavy atom. The first-order chi connectivity index (χ1) is 7.50. The summed E-state index contributed by atoms with van der Waals surface area (Å²) in [5.74, 6) is -0.201. The Hall–Kier alpha value is -1.63. The molecule has 0 aromatic carbocycles. The molecule has 0 aliphatic heterocycles. The molecule has 16 heavy (non-hydrogen) atoms. The van der Waals surface area contributed by atoms with Crippen LogP contribution in [0.3, 0.4) is 0 Å². The van der Waals surface area contributed by atoms with Crippen molar-refractivity contribution < 1.29 is 14.1 Å². The summed E-state index contributed by atoms with van der Waals surface area (Å²) < 4.78 is 10.8. The van der Waals surface area contributed by atoms with E-state index in [-0.39, 0.29) is 11.3 Å². The van der Waals surface area contributed by atoms with Gasteiger partial charge in [0.2, 0.25) is 0 Å². The molecule has 0 saturated heterocycles. The van der Waals surface area contributed by atoms with Crippen LogP contribution in [-0.2, 0) is 10.8 Å². The van der Waals surface area contributed by atoms with Crippen LogP contribution in [0.4, 0.5) is 11.5 Å². The summed E-state index contributed by atoms with van der Waals surface area (Å²) in [7, 11) is -0.889. The van der Waals surface area contributed by atoms with E-state index in [0.717, 1.165) is 0 Å². The van der Waals surface area contributed by atoms with Crippen LogP contribution < -0.4 is 11.1 Å². The number of carbonyl (C=O) groups is 1. The van der Waals surface area contributed by atoms with E-state index in [1.807, 2.05) is 0 Å². The number of nitrogens with two attached hydrogens (primary N) is 1. The molecule has 0 amide bonds. The van der Waals surface area contributed by atoms with Gasteiger partial charge in [-0.15, -0.1) is 0 Å². The molecule has 0 bridgehead atoms. The third kappa shape index (κ3) is 3.50. The maximum Gasteiger partial charge on any atom is 0.337 e. The van der Waals surface area contributed by atoms with E-state index in [1.165, 1.54) is 12.3 Å². The van der Waals surface area contributed by atoms with Gasteiger partial charge in [0.15, 0.2) is 0 Å². The average molecular weight is 243 g/mol. The molecule has 1 heterocycles. The highest BCUT2D eigenvalue weighted by molar-refractivity contribution is 7.84. The summed E-state index contributed by atoms with van der Waals surface area (Å²) >= 11 is 0. The zero-order valence-electron chi connectivity index (χ0n) is 8.77. The predicted octanol–water partition coefficient (Wildman–Crippen LogP) is 0.152. The van der Waals surface area contributed by atoms with Gasteiger partial charge in [-0.05, 0) is 6.07 Å². The monoisotopic (exact) mass is 243 g/mol. The number of hydrogen-bond acceptors (Lipinski definition) is 5. The van der Waals surface area contributed by atoms with Crippen molar-refractivity contribution in [1.82, 2.24) is 4.98 Å². The van der Waals surface area contributed by atoms with Crippen LogP contribution in [0, 0.1) is 0 Å². The summed E-state index contributed by atoms with van der Waals surface area (Å²) in [6.07, 6.45) is 2.88. The molecule has 88 valence electrons. The van der Waals surface area contributed by atoms with Crippen LogP contribution in [0.1, 0.15) is 10.4 Å².